The van der Waals surface area contributed by atoms with Gasteiger partial charge in [0.1, 0.15) is 0 Å². The zero-order valence-electron chi connectivity index (χ0n) is 14.9. The molecule has 24 heavy (non-hydrogen) atoms. The van der Waals surface area contributed by atoms with Gasteiger partial charge in [0.25, 0.3) is 0 Å². The van der Waals surface area contributed by atoms with E-state index in [1.165, 1.54) is 35.8 Å². The van der Waals surface area contributed by atoms with E-state index in [-0.39, 0.29) is 11.9 Å². The Morgan fingerprint density at radius 3 is 2.54 bits per heavy atom. The lowest BCUT2D eigenvalue weighted by Gasteiger charge is -2.23. The van der Waals surface area contributed by atoms with E-state index in [0.717, 1.165) is 12.1 Å². The number of nitrogens with one attached hydrogen (secondary N) is 2. The van der Waals surface area contributed by atoms with Crippen LogP contribution in [0.25, 0.3) is 0 Å². The molecule has 0 aliphatic heterocycles. The number of nitrogens with zero attached hydrogens (tertiary/aromatic N) is 1. The van der Waals surface area contributed by atoms with E-state index < -0.39 is 0 Å². The van der Waals surface area contributed by atoms with E-state index in [9.17, 15) is 4.79 Å². The molecule has 2 N–H and O–H groups in total. The Balaban J connectivity index is 2.00. The molecule has 1 heterocycles. The van der Waals surface area contributed by atoms with E-state index in [2.05, 4.69) is 60.7 Å². The standard InChI is InChI=1S/C19H27N3OS/c1-5-6-15-7-9-16(10-8-15)18(13(2)3)20-11-17-12-24-19(22-17)21-14(4)23/h7-10,12-13,18,20H,5-6,11H2,1-4H3,(H,21,22,23)/t18-/m1/s1. The van der Waals surface area contributed by atoms with Gasteiger partial charge in [-0.2, -0.15) is 0 Å². The molecule has 1 aromatic carbocycles. The van der Waals surface area contributed by atoms with Gasteiger partial charge in [0.2, 0.25) is 5.91 Å². The summed E-state index contributed by atoms with van der Waals surface area (Å²) in [6.45, 7) is 8.84. The largest absolute Gasteiger partial charge is 0.304 e. The van der Waals surface area contributed by atoms with Crippen molar-refractivity contribution in [3.63, 3.8) is 0 Å². The van der Waals surface area contributed by atoms with Crippen LogP contribution in [0.1, 0.15) is 57.0 Å². The van der Waals surface area contributed by atoms with Crippen LogP contribution in [0, 0.1) is 5.92 Å². The minimum absolute atomic E-state index is 0.0870. The number of hydrogen-bond donors (Lipinski definition) is 2. The highest BCUT2D eigenvalue weighted by Crippen LogP contribution is 2.23. The number of carbonyl (C=O) groups is 1. The Morgan fingerprint density at radius 2 is 1.96 bits per heavy atom. The molecule has 1 atom stereocenters. The molecule has 0 aliphatic carbocycles. The van der Waals surface area contributed by atoms with Crippen molar-refractivity contribution in [3.8, 4) is 0 Å². The van der Waals surface area contributed by atoms with Crippen molar-refractivity contribution in [1.29, 1.82) is 0 Å². The lowest BCUT2D eigenvalue weighted by molar-refractivity contribution is -0.114. The maximum absolute atomic E-state index is 11.1. The monoisotopic (exact) mass is 345 g/mol. The molecule has 0 aliphatic rings. The number of carbonyl (C=O) groups excluding carboxylic acids is 1. The van der Waals surface area contributed by atoms with Crippen molar-refractivity contribution < 1.29 is 4.79 Å². The second kappa shape index (κ2) is 8.94. The van der Waals surface area contributed by atoms with E-state index in [4.69, 9.17) is 0 Å². The van der Waals surface area contributed by atoms with E-state index in [1.54, 1.807) is 0 Å². The highest BCUT2D eigenvalue weighted by molar-refractivity contribution is 7.13. The maximum Gasteiger partial charge on any atom is 0.223 e. The van der Waals surface area contributed by atoms with Crippen LogP contribution in [-0.2, 0) is 17.8 Å². The van der Waals surface area contributed by atoms with Gasteiger partial charge in [0, 0.05) is 24.9 Å². The van der Waals surface area contributed by atoms with Crippen molar-refractivity contribution >= 4 is 22.4 Å². The summed E-state index contributed by atoms with van der Waals surface area (Å²) in [5, 5.41) is 8.97. The summed E-state index contributed by atoms with van der Waals surface area (Å²) in [6, 6.07) is 9.20. The molecule has 1 aromatic heterocycles. The van der Waals surface area contributed by atoms with Crippen LogP contribution in [0.4, 0.5) is 5.13 Å². The molecule has 0 saturated carbocycles. The summed E-state index contributed by atoms with van der Waals surface area (Å²) in [5.74, 6) is 0.395. The normalized spacial score (nSPS) is 12.4. The van der Waals surface area contributed by atoms with Crippen molar-refractivity contribution in [2.45, 2.75) is 53.1 Å². The second-order valence-corrected chi connectivity index (χ2v) is 7.28. The first-order valence-electron chi connectivity index (χ1n) is 8.53. The number of aromatic nitrogens is 1. The Bertz CT molecular complexity index is 649. The molecule has 130 valence electrons. The minimum atomic E-state index is -0.0870. The topological polar surface area (TPSA) is 54.0 Å². The summed E-state index contributed by atoms with van der Waals surface area (Å²) >= 11 is 1.46. The number of rotatable bonds is 8. The average molecular weight is 346 g/mol. The van der Waals surface area contributed by atoms with Gasteiger partial charge < -0.3 is 10.6 Å². The molecule has 2 aromatic rings. The van der Waals surface area contributed by atoms with E-state index in [0.29, 0.717) is 17.6 Å². The van der Waals surface area contributed by atoms with Crippen molar-refractivity contribution in [1.82, 2.24) is 10.3 Å². The molecule has 4 nitrogen and oxygen atoms in total. The van der Waals surface area contributed by atoms with Gasteiger partial charge in [-0.25, -0.2) is 4.98 Å². The Labute approximate surface area is 148 Å². The van der Waals surface area contributed by atoms with Crippen LogP contribution >= 0.6 is 11.3 Å². The first-order valence-corrected chi connectivity index (χ1v) is 9.41. The van der Waals surface area contributed by atoms with Crippen LogP contribution < -0.4 is 10.6 Å². The fourth-order valence-corrected chi connectivity index (χ4v) is 3.49. The zero-order chi connectivity index (χ0) is 17.5. The molecular formula is C19H27N3OS. The van der Waals surface area contributed by atoms with Crippen molar-refractivity contribution in [2.24, 2.45) is 5.92 Å². The molecule has 2 rings (SSSR count). The summed E-state index contributed by atoms with van der Waals surface area (Å²) in [4.78, 5) is 15.5. The fraction of sp³-hybridized carbons (Fsp3) is 0.474. The van der Waals surface area contributed by atoms with Crippen LogP contribution in [0.15, 0.2) is 29.6 Å². The molecule has 5 heteroatoms. The van der Waals surface area contributed by atoms with Gasteiger partial charge in [-0.3, -0.25) is 4.79 Å². The highest BCUT2D eigenvalue weighted by Gasteiger charge is 2.16. The molecule has 0 spiro atoms. The van der Waals surface area contributed by atoms with Gasteiger partial charge in [-0.1, -0.05) is 51.5 Å². The number of benzene rings is 1. The van der Waals surface area contributed by atoms with Crippen LogP contribution in [0.2, 0.25) is 0 Å². The van der Waals surface area contributed by atoms with E-state index in [1.807, 2.05) is 5.38 Å². The third-order valence-electron chi connectivity index (χ3n) is 3.88. The number of hydrogen-bond acceptors (Lipinski definition) is 4. The SMILES string of the molecule is CCCc1ccc([C@H](NCc2csc(NC(C)=O)n2)C(C)C)cc1. The third-order valence-corrected chi connectivity index (χ3v) is 4.69. The quantitative estimate of drug-likeness (QED) is 0.738. The summed E-state index contributed by atoms with van der Waals surface area (Å²) in [5.41, 5.74) is 3.65. The molecular weight excluding hydrogens is 318 g/mol. The molecule has 0 fully saturated rings. The van der Waals surface area contributed by atoms with Gasteiger partial charge in [0.05, 0.1) is 5.69 Å². The predicted octanol–water partition coefficient (Wildman–Crippen LogP) is 4.54. The smallest absolute Gasteiger partial charge is 0.223 e. The highest BCUT2D eigenvalue weighted by atomic mass is 32.1. The average Bonchev–Trinajstić information content (AvgIpc) is 2.95. The first kappa shape index (κ1) is 18.6. The minimum Gasteiger partial charge on any atom is -0.304 e. The second-order valence-electron chi connectivity index (χ2n) is 6.42. The fourth-order valence-electron chi connectivity index (χ4n) is 2.73. The van der Waals surface area contributed by atoms with Gasteiger partial charge in [0.15, 0.2) is 5.13 Å². The summed E-state index contributed by atoms with van der Waals surface area (Å²) in [6.07, 6.45) is 2.30. The van der Waals surface area contributed by atoms with Crippen molar-refractivity contribution in [2.75, 3.05) is 5.32 Å². The Hall–Kier alpha value is -1.72. The third kappa shape index (κ3) is 5.42. The predicted molar refractivity (Wildman–Crippen MR) is 101 cm³/mol. The number of thiazole rings is 1. The van der Waals surface area contributed by atoms with E-state index >= 15 is 0 Å². The summed E-state index contributed by atoms with van der Waals surface area (Å²) in [7, 11) is 0. The molecule has 0 bridgehead atoms. The van der Waals surface area contributed by atoms with Crippen LogP contribution in [0.5, 0.6) is 0 Å². The number of anilines is 1. The summed E-state index contributed by atoms with van der Waals surface area (Å²) < 4.78 is 0. The Kier molecular flexibility index (Phi) is 6.94. The molecule has 0 unspecified atom stereocenters. The first-order chi connectivity index (χ1) is 11.5. The lowest BCUT2D eigenvalue weighted by atomic mass is 9.94. The van der Waals surface area contributed by atoms with Gasteiger partial charge >= 0.3 is 0 Å². The van der Waals surface area contributed by atoms with Gasteiger partial charge in [-0.05, 0) is 23.5 Å². The molecule has 0 saturated heterocycles. The number of amides is 1. The van der Waals surface area contributed by atoms with Crippen LogP contribution in [0.3, 0.4) is 0 Å². The molecule has 0 radical (unpaired) electrons. The lowest BCUT2D eigenvalue weighted by Crippen LogP contribution is -2.25. The number of aryl methyl sites for hydroxylation is 1. The van der Waals surface area contributed by atoms with Gasteiger partial charge in [-0.15, -0.1) is 11.3 Å². The Morgan fingerprint density at radius 1 is 1.25 bits per heavy atom. The molecule has 1 amide bonds. The maximum atomic E-state index is 11.1. The zero-order valence-corrected chi connectivity index (χ0v) is 15.7. The van der Waals surface area contributed by atoms with Crippen molar-refractivity contribution in [3.05, 3.63) is 46.5 Å². The van der Waals surface area contributed by atoms with Crippen LogP contribution in [-0.4, -0.2) is 10.9 Å².